The van der Waals surface area contributed by atoms with Crippen LogP contribution >= 0.6 is 11.3 Å². The highest BCUT2D eigenvalue weighted by Crippen LogP contribution is 2.32. The van der Waals surface area contributed by atoms with Gasteiger partial charge in [-0.1, -0.05) is 45.9 Å². The molecule has 2 N–H and O–H groups in total. The van der Waals surface area contributed by atoms with Gasteiger partial charge in [0, 0.05) is 24.1 Å². The van der Waals surface area contributed by atoms with Crippen LogP contribution in [0.2, 0.25) is 0 Å². The minimum absolute atomic E-state index is 0.189. The summed E-state index contributed by atoms with van der Waals surface area (Å²) in [6, 6.07) is 0. The largest absolute Gasteiger partial charge is 0.457 e. The van der Waals surface area contributed by atoms with Gasteiger partial charge in [-0.05, 0) is 43.4 Å². The predicted octanol–water partition coefficient (Wildman–Crippen LogP) is 4.79. The number of nitrogens with zero attached hydrogens (tertiary/aromatic N) is 1. The number of allylic oxidation sites excluding steroid dienone is 2. The van der Waals surface area contributed by atoms with Gasteiger partial charge in [0.2, 0.25) is 0 Å². The lowest BCUT2D eigenvalue weighted by atomic mass is 9.73. The van der Waals surface area contributed by atoms with Crippen molar-refractivity contribution in [3.63, 3.8) is 0 Å². The number of hydrogen-bond acceptors (Lipinski definition) is 9. The number of ketones is 1. The molecular formula is C30H43NO7S. The zero-order chi connectivity index (χ0) is 28.7. The molecule has 2 aliphatic heterocycles. The van der Waals surface area contributed by atoms with Gasteiger partial charge in [-0.15, -0.1) is 11.3 Å². The molecule has 0 unspecified atom stereocenters. The summed E-state index contributed by atoms with van der Waals surface area (Å²) >= 11 is 1.54. The third-order valence-electron chi connectivity index (χ3n) is 7.66. The summed E-state index contributed by atoms with van der Waals surface area (Å²) in [7, 11) is 0. The molecule has 0 aromatic carbocycles. The van der Waals surface area contributed by atoms with E-state index < -0.39 is 35.6 Å². The fraction of sp³-hybridized carbons (Fsp3) is 0.633. The van der Waals surface area contributed by atoms with Gasteiger partial charge in [-0.3, -0.25) is 9.59 Å². The van der Waals surface area contributed by atoms with Crippen molar-refractivity contribution in [2.45, 2.75) is 91.8 Å². The first-order chi connectivity index (χ1) is 18.4. The molecule has 3 rings (SSSR count). The van der Waals surface area contributed by atoms with Crippen molar-refractivity contribution in [1.29, 1.82) is 0 Å². The molecule has 0 radical (unpaired) electrons. The predicted molar refractivity (Wildman–Crippen MR) is 151 cm³/mol. The van der Waals surface area contributed by atoms with Crippen LogP contribution in [-0.2, 0) is 23.8 Å². The Hall–Kier alpha value is -2.17. The van der Waals surface area contributed by atoms with Crippen molar-refractivity contribution >= 4 is 29.2 Å². The quantitative estimate of drug-likeness (QED) is 0.505. The van der Waals surface area contributed by atoms with Crippen LogP contribution in [0.3, 0.4) is 0 Å². The Morgan fingerprint density at radius 1 is 1.18 bits per heavy atom. The fourth-order valence-electron chi connectivity index (χ4n) is 4.89. The second kappa shape index (κ2) is 13.9. The second-order valence-electron chi connectivity index (χ2n) is 11.2. The van der Waals surface area contributed by atoms with Gasteiger partial charge in [0.15, 0.2) is 6.29 Å². The Balaban J connectivity index is 1.95. The Bertz CT molecular complexity index is 1080. The molecular weight excluding hydrogens is 518 g/mol. The van der Waals surface area contributed by atoms with Crippen molar-refractivity contribution in [1.82, 2.24) is 4.98 Å². The van der Waals surface area contributed by atoms with Crippen LogP contribution in [0.1, 0.15) is 71.0 Å². The molecule has 1 aromatic heterocycles. The highest BCUT2D eigenvalue weighted by molar-refractivity contribution is 7.09. The molecule has 1 saturated heterocycles. The monoisotopic (exact) mass is 561 g/mol. The van der Waals surface area contributed by atoms with Gasteiger partial charge >= 0.3 is 5.97 Å². The van der Waals surface area contributed by atoms with Gasteiger partial charge in [-0.25, -0.2) is 4.98 Å². The van der Waals surface area contributed by atoms with E-state index in [9.17, 15) is 19.8 Å². The maximum Gasteiger partial charge on any atom is 0.309 e. The number of thiazole rings is 1. The molecule has 39 heavy (non-hydrogen) atoms. The molecule has 0 amide bonds. The van der Waals surface area contributed by atoms with E-state index in [0.717, 1.165) is 21.8 Å². The minimum Gasteiger partial charge on any atom is -0.457 e. The number of aliphatic hydroxyl groups excluding tert-OH is 2. The topological polar surface area (TPSA) is 115 Å². The van der Waals surface area contributed by atoms with E-state index in [4.69, 9.17) is 14.2 Å². The maximum absolute atomic E-state index is 13.3. The van der Waals surface area contributed by atoms with Gasteiger partial charge in [0.05, 0.1) is 48.0 Å². The van der Waals surface area contributed by atoms with E-state index in [2.05, 4.69) is 4.98 Å². The fourth-order valence-corrected chi connectivity index (χ4v) is 5.46. The number of hydrogen-bond donors (Lipinski definition) is 2. The molecule has 5 atom stereocenters. The minimum atomic E-state index is -1.26. The van der Waals surface area contributed by atoms with Crippen molar-refractivity contribution in [2.24, 2.45) is 17.3 Å². The SMILES string of the molecule is CC(=Cc1csc(C)n1)[C@@H]1CC=C(CC2OCCO2)C=CC[C@H](C)[C@H](O)[C@@H](C)C(=O)C(C)(C)[C@@H](O)CC(=O)O1. The third-order valence-corrected chi connectivity index (χ3v) is 8.45. The van der Waals surface area contributed by atoms with Gasteiger partial charge in [0.1, 0.15) is 11.9 Å². The summed E-state index contributed by atoms with van der Waals surface area (Å²) in [5.74, 6) is -1.79. The first kappa shape index (κ1) is 31.4. The Kier molecular flexibility index (Phi) is 11.2. The molecule has 1 fully saturated rings. The molecule has 3 heterocycles. The number of carbonyl (C=O) groups is 2. The van der Waals surface area contributed by atoms with E-state index in [0.29, 0.717) is 32.5 Å². The number of aryl methyl sites for hydroxylation is 1. The number of carbonyl (C=O) groups excluding carboxylic acids is 2. The number of aliphatic hydroxyl groups is 2. The van der Waals surface area contributed by atoms with E-state index >= 15 is 0 Å². The summed E-state index contributed by atoms with van der Waals surface area (Å²) in [6.07, 6.45) is 5.96. The van der Waals surface area contributed by atoms with Crippen molar-refractivity contribution in [2.75, 3.05) is 13.2 Å². The number of rotatable bonds is 4. The van der Waals surface area contributed by atoms with Gasteiger partial charge in [-0.2, -0.15) is 0 Å². The number of ether oxygens (including phenoxy) is 3. The van der Waals surface area contributed by atoms with E-state index in [1.165, 1.54) is 0 Å². The summed E-state index contributed by atoms with van der Waals surface area (Å²) in [5, 5.41) is 24.8. The Labute approximate surface area is 235 Å². The van der Waals surface area contributed by atoms with Gasteiger partial charge < -0.3 is 24.4 Å². The van der Waals surface area contributed by atoms with Crippen LogP contribution in [0.4, 0.5) is 0 Å². The summed E-state index contributed by atoms with van der Waals surface area (Å²) in [5.41, 5.74) is 1.33. The highest BCUT2D eigenvalue weighted by Gasteiger charge is 2.42. The third kappa shape index (κ3) is 8.66. The van der Waals surface area contributed by atoms with Crippen LogP contribution < -0.4 is 0 Å². The molecule has 8 nitrogen and oxygen atoms in total. The molecule has 216 valence electrons. The van der Waals surface area contributed by atoms with Crippen LogP contribution in [-0.4, -0.2) is 64.8 Å². The number of cyclic esters (lactones) is 1. The van der Waals surface area contributed by atoms with Crippen molar-refractivity contribution in [3.8, 4) is 0 Å². The molecule has 2 aliphatic rings. The Morgan fingerprint density at radius 3 is 2.51 bits per heavy atom. The zero-order valence-electron chi connectivity index (χ0n) is 23.9. The molecule has 0 spiro atoms. The number of Topliss-reactive ketones (excluding diaryl/α,β-unsaturated/α-hetero) is 1. The molecule has 0 bridgehead atoms. The highest BCUT2D eigenvalue weighted by atomic mass is 32.1. The summed E-state index contributed by atoms with van der Waals surface area (Å²) in [6.45, 7) is 11.7. The van der Waals surface area contributed by atoms with Crippen LogP contribution in [0.5, 0.6) is 0 Å². The average Bonchev–Trinajstić information content (AvgIpc) is 3.55. The Morgan fingerprint density at radius 2 is 1.87 bits per heavy atom. The van der Waals surface area contributed by atoms with Crippen LogP contribution in [0.25, 0.3) is 6.08 Å². The zero-order valence-corrected chi connectivity index (χ0v) is 24.7. The normalized spacial score (nSPS) is 30.3. The molecule has 0 saturated carbocycles. The molecule has 0 aliphatic carbocycles. The van der Waals surface area contributed by atoms with E-state index in [-0.39, 0.29) is 24.4 Å². The van der Waals surface area contributed by atoms with Gasteiger partial charge in [0.25, 0.3) is 0 Å². The average molecular weight is 562 g/mol. The van der Waals surface area contributed by atoms with Crippen molar-refractivity contribution in [3.05, 3.63) is 45.5 Å². The van der Waals surface area contributed by atoms with E-state index in [1.807, 2.05) is 50.5 Å². The van der Waals surface area contributed by atoms with E-state index in [1.54, 1.807) is 32.1 Å². The summed E-state index contributed by atoms with van der Waals surface area (Å²) < 4.78 is 17.2. The van der Waals surface area contributed by atoms with Crippen LogP contribution in [0, 0.1) is 24.2 Å². The standard InChI is InChI=1S/C30H43NO7S/c1-18-8-7-9-22(15-27-36-12-13-37-27)10-11-24(19(2)14-23-17-39-21(4)31-23)38-26(33)16-25(32)30(5,6)29(35)20(3)28(18)34/h7,9-10,14,17-18,20,24-25,27-28,32,34H,8,11-13,15-16H2,1-6H3/t18-,20+,24-,25-,28-/m0/s1. The lowest BCUT2D eigenvalue weighted by molar-refractivity contribution is -0.154. The first-order valence-corrected chi connectivity index (χ1v) is 14.6. The van der Waals surface area contributed by atoms with Crippen LogP contribution in [0.15, 0.2) is 34.8 Å². The van der Waals surface area contributed by atoms with Crippen molar-refractivity contribution < 1.29 is 34.0 Å². The second-order valence-corrected chi connectivity index (χ2v) is 12.3. The lowest BCUT2D eigenvalue weighted by Gasteiger charge is -2.34. The lowest BCUT2D eigenvalue weighted by Crippen LogP contribution is -2.45. The first-order valence-electron chi connectivity index (χ1n) is 13.7. The molecule has 1 aromatic rings. The number of aromatic nitrogens is 1. The molecule has 9 heteroatoms. The maximum atomic E-state index is 13.3. The number of esters is 1. The summed E-state index contributed by atoms with van der Waals surface area (Å²) in [4.78, 5) is 30.9. The smallest absolute Gasteiger partial charge is 0.309 e.